The molecule has 0 unspecified atom stereocenters. The summed E-state index contributed by atoms with van der Waals surface area (Å²) in [5.41, 5.74) is 0.223. The third-order valence-electron chi connectivity index (χ3n) is 4.92. The first-order valence-corrected chi connectivity index (χ1v) is 12.3. The Morgan fingerprint density at radius 1 is 1.15 bits per heavy atom. The SMILES string of the molecule is CCOC(=O)CNc1nc(C)ncc1Cn1c(C)nc(OCc2ccc(F)cc2F)c(Br)c1=O.O=C(O)C(F)(F)F. The van der Waals surface area contributed by atoms with Crippen molar-refractivity contribution >= 4 is 33.7 Å². The number of aromatic nitrogens is 4. The highest BCUT2D eigenvalue weighted by molar-refractivity contribution is 9.10. The van der Waals surface area contributed by atoms with Gasteiger partial charge in [-0.1, -0.05) is 0 Å². The number of halogens is 6. The molecule has 0 saturated carbocycles. The number of anilines is 1. The number of nitrogens with one attached hydrogen (secondary N) is 1. The number of hydrogen-bond donors (Lipinski definition) is 2. The van der Waals surface area contributed by atoms with E-state index in [0.717, 1.165) is 12.1 Å². The zero-order valence-corrected chi connectivity index (χ0v) is 23.3. The molecule has 17 heteroatoms. The third-order valence-corrected chi connectivity index (χ3v) is 5.59. The topological polar surface area (TPSA) is 146 Å². The highest BCUT2D eigenvalue weighted by atomic mass is 79.9. The van der Waals surface area contributed by atoms with E-state index in [9.17, 15) is 31.5 Å². The molecule has 0 bridgehead atoms. The molecule has 2 N–H and O–H groups in total. The zero-order valence-electron chi connectivity index (χ0n) is 21.7. The molecule has 0 aliphatic heterocycles. The summed E-state index contributed by atoms with van der Waals surface area (Å²) in [6.07, 6.45) is -3.53. The lowest BCUT2D eigenvalue weighted by Crippen LogP contribution is -2.27. The van der Waals surface area contributed by atoms with Gasteiger partial charge in [-0.2, -0.15) is 18.2 Å². The van der Waals surface area contributed by atoms with E-state index in [1.54, 1.807) is 27.0 Å². The molecule has 0 amide bonds. The van der Waals surface area contributed by atoms with Crippen molar-refractivity contribution in [2.45, 2.75) is 40.1 Å². The van der Waals surface area contributed by atoms with Gasteiger partial charge in [0.05, 0.1) is 13.2 Å². The van der Waals surface area contributed by atoms with E-state index in [1.165, 1.54) is 10.6 Å². The molecule has 0 radical (unpaired) electrons. The van der Waals surface area contributed by atoms with Gasteiger partial charge >= 0.3 is 18.1 Å². The van der Waals surface area contributed by atoms with E-state index in [4.69, 9.17) is 19.4 Å². The Bertz CT molecular complexity index is 1470. The maximum atomic E-state index is 13.9. The predicted octanol–water partition coefficient (Wildman–Crippen LogP) is 3.93. The summed E-state index contributed by atoms with van der Waals surface area (Å²) in [4.78, 5) is 46.4. The molecule has 1 aromatic carbocycles. The largest absolute Gasteiger partial charge is 0.490 e. The number of aliphatic carboxylic acids is 1. The van der Waals surface area contributed by atoms with Crippen LogP contribution in [0.4, 0.5) is 27.8 Å². The van der Waals surface area contributed by atoms with Gasteiger partial charge in [-0.3, -0.25) is 14.2 Å². The van der Waals surface area contributed by atoms with Crippen molar-refractivity contribution in [2.24, 2.45) is 0 Å². The Labute approximate surface area is 237 Å². The second kappa shape index (κ2) is 14.5. The lowest BCUT2D eigenvalue weighted by molar-refractivity contribution is -0.192. The Balaban J connectivity index is 0.000000745. The molecule has 2 aromatic heterocycles. The van der Waals surface area contributed by atoms with Gasteiger partial charge in [0, 0.05) is 23.4 Å². The number of rotatable bonds is 9. The van der Waals surface area contributed by atoms with E-state index in [0.29, 0.717) is 23.0 Å². The van der Waals surface area contributed by atoms with Gasteiger partial charge in [0.15, 0.2) is 0 Å². The molecular weight excluding hydrogens is 629 g/mol. The van der Waals surface area contributed by atoms with Crippen molar-refractivity contribution < 1.29 is 46.1 Å². The second-order valence-electron chi connectivity index (χ2n) is 7.95. The van der Waals surface area contributed by atoms with Crippen LogP contribution in [0.3, 0.4) is 0 Å². The highest BCUT2D eigenvalue weighted by Gasteiger charge is 2.38. The van der Waals surface area contributed by atoms with Crippen molar-refractivity contribution in [3.8, 4) is 5.88 Å². The van der Waals surface area contributed by atoms with Crippen molar-refractivity contribution in [1.82, 2.24) is 19.5 Å². The fraction of sp³-hybridized carbons (Fsp3) is 0.333. The average molecular weight is 652 g/mol. The van der Waals surface area contributed by atoms with Crippen LogP contribution in [0.1, 0.15) is 29.7 Å². The zero-order chi connectivity index (χ0) is 30.9. The molecule has 41 heavy (non-hydrogen) atoms. The van der Waals surface area contributed by atoms with Gasteiger partial charge in [0.1, 0.15) is 46.7 Å². The summed E-state index contributed by atoms with van der Waals surface area (Å²) in [7, 11) is 0. The number of benzene rings is 1. The van der Waals surface area contributed by atoms with Gasteiger partial charge in [0.2, 0.25) is 5.88 Å². The number of carbonyl (C=O) groups is 2. The van der Waals surface area contributed by atoms with E-state index in [2.05, 4.69) is 36.2 Å². The van der Waals surface area contributed by atoms with Crippen LogP contribution in [0, 0.1) is 25.5 Å². The fourth-order valence-corrected chi connectivity index (χ4v) is 3.40. The molecule has 0 fully saturated rings. The molecule has 222 valence electrons. The number of esters is 1. The fourth-order valence-electron chi connectivity index (χ4n) is 2.98. The van der Waals surface area contributed by atoms with E-state index in [1.807, 2.05) is 0 Å². The number of hydrogen-bond acceptors (Lipinski definition) is 9. The Morgan fingerprint density at radius 2 is 1.80 bits per heavy atom. The minimum Gasteiger partial charge on any atom is -0.475 e. The molecule has 3 aromatic rings. The summed E-state index contributed by atoms with van der Waals surface area (Å²) in [6.45, 7) is 5.00. The molecule has 0 aliphatic carbocycles. The maximum absolute atomic E-state index is 13.9. The second-order valence-corrected chi connectivity index (χ2v) is 8.74. The quantitative estimate of drug-likeness (QED) is 0.258. The summed E-state index contributed by atoms with van der Waals surface area (Å²) in [5, 5.41) is 10.0. The molecule has 0 atom stereocenters. The van der Waals surface area contributed by atoms with Gasteiger partial charge in [0.25, 0.3) is 5.56 Å². The first kappa shape index (κ1) is 33.1. The molecule has 3 rings (SSSR count). The highest BCUT2D eigenvalue weighted by Crippen LogP contribution is 2.22. The van der Waals surface area contributed by atoms with Crippen molar-refractivity contribution in [3.05, 3.63) is 73.6 Å². The first-order chi connectivity index (χ1) is 19.1. The summed E-state index contributed by atoms with van der Waals surface area (Å²) in [6, 6.07) is 3.13. The summed E-state index contributed by atoms with van der Waals surface area (Å²) >= 11 is 3.20. The normalized spacial score (nSPS) is 10.9. The molecule has 0 aliphatic rings. The first-order valence-electron chi connectivity index (χ1n) is 11.5. The number of nitrogens with zero attached hydrogens (tertiary/aromatic N) is 4. The van der Waals surface area contributed by atoms with Crippen LogP contribution in [0.2, 0.25) is 0 Å². The van der Waals surface area contributed by atoms with Crippen LogP contribution in [-0.4, -0.2) is 55.9 Å². The molecule has 2 heterocycles. The standard InChI is InChI=1S/C22H22BrF2N5O4.C2HF3O2/c1-4-33-18(31)9-27-20-15(8-26-12(2)28-20)10-30-13(3)29-21(19(23)22(30)32)34-11-14-5-6-16(24)7-17(14)25;3-2(4,5)1(6)7/h5-8H,4,9-11H2,1-3H3,(H,26,27,28);(H,6,7). The molecule has 0 saturated heterocycles. The number of carboxylic acid groups (broad SMARTS) is 1. The van der Waals surface area contributed by atoms with E-state index >= 15 is 0 Å². The van der Waals surface area contributed by atoms with Crippen LogP contribution in [0.5, 0.6) is 5.88 Å². The average Bonchev–Trinajstić information content (AvgIpc) is 2.88. The predicted molar refractivity (Wildman–Crippen MR) is 136 cm³/mol. The molecule has 11 nitrogen and oxygen atoms in total. The van der Waals surface area contributed by atoms with Gasteiger partial charge in [-0.25, -0.2) is 23.5 Å². The third kappa shape index (κ3) is 9.77. The minimum atomic E-state index is -5.08. The maximum Gasteiger partial charge on any atom is 0.490 e. The van der Waals surface area contributed by atoms with Crippen LogP contribution < -0.4 is 15.6 Å². The summed E-state index contributed by atoms with van der Waals surface area (Å²) in [5.74, 6) is -3.50. The lowest BCUT2D eigenvalue weighted by Gasteiger charge is -2.16. The van der Waals surface area contributed by atoms with Gasteiger partial charge in [-0.15, -0.1) is 0 Å². The number of aryl methyl sites for hydroxylation is 2. The Hall–Kier alpha value is -4.15. The lowest BCUT2D eigenvalue weighted by atomic mass is 10.2. The van der Waals surface area contributed by atoms with Crippen LogP contribution in [0.25, 0.3) is 0 Å². The van der Waals surface area contributed by atoms with Crippen LogP contribution in [-0.2, 0) is 27.5 Å². The minimum absolute atomic E-state index is 0.0247. The molecular formula is C24H23BrF5N5O6. The number of carbonyl (C=O) groups excluding carboxylic acids is 1. The van der Waals surface area contributed by atoms with Crippen LogP contribution >= 0.6 is 15.9 Å². The monoisotopic (exact) mass is 651 g/mol. The number of alkyl halides is 3. The molecule has 0 spiro atoms. The van der Waals surface area contributed by atoms with Crippen molar-refractivity contribution in [2.75, 3.05) is 18.5 Å². The number of ether oxygens (including phenoxy) is 2. The Kier molecular flexibility index (Phi) is 11.7. The van der Waals surface area contributed by atoms with Crippen LogP contribution in [0.15, 0.2) is 33.7 Å². The van der Waals surface area contributed by atoms with E-state index < -0.39 is 35.3 Å². The van der Waals surface area contributed by atoms with E-state index in [-0.39, 0.29) is 42.2 Å². The summed E-state index contributed by atoms with van der Waals surface area (Å²) < 4.78 is 70.5. The van der Waals surface area contributed by atoms with Crippen molar-refractivity contribution in [3.63, 3.8) is 0 Å². The van der Waals surface area contributed by atoms with Crippen molar-refractivity contribution in [1.29, 1.82) is 0 Å². The smallest absolute Gasteiger partial charge is 0.475 e. The number of carboxylic acids is 1. The Morgan fingerprint density at radius 3 is 2.39 bits per heavy atom. The van der Waals surface area contributed by atoms with Gasteiger partial charge < -0.3 is 19.9 Å². The van der Waals surface area contributed by atoms with Gasteiger partial charge in [-0.05, 0) is 48.8 Å².